The van der Waals surface area contributed by atoms with Gasteiger partial charge in [0, 0.05) is 23.9 Å². The van der Waals surface area contributed by atoms with Gasteiger partial charge in [-0.25, -0.2) is 19.8 Å². The molecule has 4 rings (SSSR count). The van der Waals surface area contributed by atoms with Crippen molar-refractivity contribution in [1.82, 2.24) is 38.9 Å². The smallest absolute Gasteiger partial charge is 0.255 e. The third kappa shape index (κ3) is 3.21. The molecule has 0 fully saturated rings. The molecule has 0 aliphatic rings. The summed E-state index contributed by atoms with van der Waals surface area (Å²) in [5.74, 6) is 1.41. The minimum absolute atomic E-state index is 0.233. The second-order valence-electron chi connectivity index (χ2n) is 5.89. The molecular formula is C16H14N12S. The molecule has 0 amide bonds. The molecule has 4 heterocycles. The molecule has 0 unspecified atom stereocenters. The summed E-state index contributed by atoms with van der Waals surface area (Å²) in [4.78, 5) is 16.1. The molecular weight excluding hydrogens is 392 g/mol. The number of nitrogens with two attached hydrogens (primary N) is 1. The molecule has 4 aromatic heterocycles. The van der Waals surface area contributed by atoms with Gasteiger partial charge in [-0.3, -0.25) is 0 Å². The average Bonchev–Trinajstić information content (AvgIpc) is 3.37. The maximum Gasteiger partial charge on any atom is 0.255 e. The second-order valence-corrected chi connectivity index (χ2v) is 6.62. The number of aromatic nitrogens is 8. The van der Waals surface area contributed by atoms with Crippen molar-refractivity contribution in [2.45, 2.75) is 20.8 Å². The van der Waals surface area contributed by atoms with Crippen LogP contribution in [0.5, 0.6) is 0 Å². The van der Waals surface area contributed by atoms with Gasteiger partial charge in [-0.1, -0.05) is 0 Å². The fourth-order valence-electron chi connectivity index (χ4n) is 2.54. The number of rotatable bonds is 4. The van der Waals surface area contributed by atoms with Crippen LogP contribution in [0.4, 0.5) is 23.0 Å². The number of nitrogens with zero attached hydrogens (tertiary/aromatic N) is 11. The molecule has 13 heteroatoms. The summed E-state index contributed by atoms with van der Waals surface area (Å²) in [5.41, 5.74) is 7.87. The molecule has 12 nitrogen and oxygen atoms in total. The maximum atomic E-state index is 7.47. The highest BCUT2D eigenvalue weighted by atomic mass is 32.1. The number of azo groups is 1. The Morgan fingerprint density at radius 3 is 2.45 bits per heavy atom. The van der Waals surface area contributed by atoms with Gasteiger partial charge in [0.05, 0.1) is 18.0 Å². The molecule has 144 valence electrons. The predicted octanol–water partition coefficient (Wildman–Crippen LogP) is 3.17. The standard InChI is InChI=1S/C16H14N12S/c1-8-11(13(17)27(24-8)15-19-6-5-7-20-15)22-23-14-12(18-4)9(2)25-28(14)16-21-10(3)26-29-16/h5-7H,17H2,1-3H3. The van der Waals surface area contributed by atoms with E-state index < -0.39 is 0 Å². The molecule has 0 aliphatic carbocycles. The Hall–Kier alpha value is -4.05. The first-order chi connectivity index (χ1) is 14.0. The Morgan fingerprint density at radius 2 is 1.79 bits per heavy atom. The van der Waals surface area contributed by atoms with E-state index in [2.05, 4.69) is 44.6 Å². The fourth-order valence-corrected chi connectivity index (χ4v) is 3.18. The molecule has 2 N–H and O–H groups in total. The van der Waals surface area contributed by atoms with Gasteiger partial charge in [-0.15, -0.1) is 10.2 Å². The number of hydrogen-bond acceptors (Lipinski definition) is 10. The molecule has 0 saturated carbocycles. The minimum atomic E-state index is 0.233. The van der Waals surface area contributed by atoms with Gasteiger partial charge < -0.3 is 5.73 Å². The lowest BCUT2D eigenvalue weighted by Crippen LogP contribution is -2.05. The van der Waals surface area contributed by atoms with Crippen LogP contribution in [-0.2, 0) is 0 Å². The minimum Gasteiger partial charge on any atom is -0.382 e. The van der Waals surface area contributed by atoms with E-state index >= 15 is 0 Å². The Bertz CT molecular complexity index is 1260. The summed E-state index contributed by atoms with van der Waals surface area (Å²) < 4.78 is 6.99. The zero-order valence-corrected chi connectivity index (χ0v) is 16.5. The van der Waals surface area contributed by atoms with Crippen LogP contribution >= 0.6 is 11.5 Å². The van der Waals surface area contributed by atoms with E-state index in [-0.39, 0.29) is 17.3 Å². The highest BCUT2D eigenvalue weighted by Crippen LogP contribution is 2.37. The van der Waals surface area contributed by atoms with Crippen molar-refractivity contribution >= 4 is 34.5 Å². The molecule has 0 saturated heterocycles. The van der Waals surface area contributed by atoms with Gasteiger partial charge in [-0.05, 0) is 26.8 Å². The van der Waals surface area contributed by atoms with Crippen LogP contribution in [0.15, 0.2) is 28.7 Å². The first-order valence-electron chi connectivity index (χ1n) is 8.31. The predicted molar refractivity (Wildman–Crippen MR) is 105 cm³/mol. The van der Waals surface area contributed by atoms with E-state index in [1.807, 2.05) is 0 Å². The number of nitrogen functional groups attached to an aromatic ring is 1. The fraction of sp³-hybridized carbons (Fsp3) is 0.188. The van der Waals surface area contributed by atoms with Crippen molar-refractivity contribution < 1.29 is 0 Å². The summed E-state index contributed by atoms with van der Waals surface area (Å²) in [7, 11) is 0. The average molecular weight is 406 g/mol. The number of anilines is 1. The second kappa shape index (κ2) is 7.17. The van der Waals surface area contributed by atoms with Crippen LogP contribution in [0.1, 0.15) is 17.2 Å². The largest absolute Gasteiger partial charge is 0.382 e. The van der Waals surface area contributed by atoms with E-state index in [1.165, 1.54) is 9.36 Å². The van der Waals surface area contributed by atoms with Crippen LogP contribution in [0.25, 0.3) is 15.9 Å². The lowest BCUT2D eigenvalue weighted by molar-refractivity contribution is 0.805. The molecule has 0 aromatic carbocycles. The monoisotopic (exact) mass is 406 g/mol. The van der Waals surface area contributed by atoms with Crippen LogP contribution in [0, 0.1) is 27.3 Å². The lowest BCUT2D eigenvalue weighted by atomic mass is 10.4. The van der Waals surface area contributed by atoms with Gasteiger partial charge in [0.15, 0.2) is 17.3 Å². The summed E-state index contributed by atoms with van der Waals surface area (Å²) in [5, 5.41) is 17.7. The Labute approximate surface area is 168 Å². The highest BCUT2D eigenvalue weighted by Gasteiger charge is 2.20. The van der Waals surface area contributed by atoms with Crippen LogP contribution < -0.4 is 5.73 Å². The zero-order valence-electron chi connectivity index (χ0n) is 15.6. The van der Waals surface area contributed by atoms with Crippen molar-refractivity contribution in [1.29, 1.82) is 0 Å². The van der Waals surface area contributed by atoms with E-state index in [4.69, 9.17) is 12.3 Å². The van der Waals surface area contributed by atoms with E-state index in [9.17, 15) is 0 Å². The number of hydrogen-bond donors (Lipinski definition) is 1. The van der Waals surface area contributed by atoms with Crippen LogP contribution in [-0.4, -0.2) is 38.9 Å². The molecule has 0 aliphatic heterocycles. The normalized spacial score (nSPS) is 11.2. The quantitative estimate of drug-likeness (QED) is 0.405. The van der Waals surface area contributed by atoms with E-state index in [0.29, 0.717) is 34.0 Å². The van der Waals surface area contributed by atoms with Crippen LogP contribution in [0.3, 0.4) is 0 Å². The summed E-state index contributed by atoms with van der Waals surface area (Å²) >= 11 is 1.16. The Kier molecular flexibility index (Phi) is 4.53. The van der Waals surface area contributed by atoms with Crippen LogP contribution in [0.2, 0.25) is 0 Å². The van der Waals surface area contributed by atoms with Gasteiger partial charge in [0.2, 0.25) is 5.13 Å². The van der Waals surface area contributed by atoms with Gasteiger partial charge in [0.1, 0.15) is 5.82 Å². The van der Waals surface area contributed by atoms with Crippen molar-refractivity contribution in [2.75, 3.05) is 5.73 Å². The molecule has 0 atom stereocenters. The Balaban J connectivity index is 1.80. The van der Waals surface area contributed by atoms with Crippen molar-refractivity contribution in [3.63, 3.8) is 0 Å². The van der Waals surface area contributed by atoms with Gasteiger partial charge >= 0.3 is 0 Å². The molecule has 0 radical (unpaired) electrons. The van der Waals surface area contributed by atoms with Crippen molar-refractivity contribution in [3.8, 4) is 11.1 Å². The van der Waals surface area contributed by atoms with Gasteiger partial charge in [-0.2, -0.15) is 23.9 Å². The zero-order chi connectivity index (χ0) is 20.5. The SMILES string of the molecule is [C-]#[N+]c1c(C)nn(-c2nc(C)ns2)c1N=Nc1c(C)nn(-c2ncccn2)c1N. The third-order valence-electron chi connectivity index (χ3n) is 3.86. The Morgan fingerprint density at radius 1 is 1.07 bits per heavy atom. The first kappa shape index (κ1) is 18.3. The molecule has 29 heavy (non-hydrogen) atoms. The van der Waals surface area contributed by atoms with Crippen molar-refractivity contribution in [3.05, 3.63) is 47.1 Å². The van der Waals surface area contributed by atoms with Gasteiger partial charge in [0.25, 0.3) is 11.6 Å². The summed E-state index contributed by atoms with van der Waals surface area (Å²) in [6, 6.07) is 1.70. The molecule has 0 spiro atoms. The topological polar surface area (TPSA) is 142 Å². The maximum absolute atomic E-state index is 7.47. The summed E-state index contributed by atoms with van der Waals surface area (Å²) in [6.45, 7) is 12.7. The molecule has 0 bridgehead atoms. The first-order valence-corrected chi connectivity index (χ1v) is 9.09. The highest BCUT2D eigenvalue weighted by molar-refractivity contribution is 7.08. The van der Waals surface area contributed by atoms with E-state index in [1.54, 1.807) is 39.2 Å². The van der Waals surface area contributed by atoms with E-state index in [0.717, 1.165) is 11.5 Å². The molecule has 4 aromatic rings. The summed E-state index contributed by atoms with van der Waals surface area (Å²) in [6.07, 6.45) is 3.18. The third-order valence-corrected chi connectivity index (χ3v) is 4.65. The lowest BCUT2D eigenvalue weighted by Gasteiger charge is -2.00. The van der Waals surface area contributed by atoms with Crippen molar-refractivity contribution in [2.24, 2.45) is 10.2 Å². The number of aryl methyl sites for hydroxylation is 3.